The van der Waals surface area contributed by atoms with Crippen LogP contribution in [0, 0.1) is 6.92 Å². The summed E-state index contributed by atoms with van der Waals surface area (Å²) >= 11 is 11.2. The molecular weight excluding hydrogens is 367 g/mol. The van der Waals surface area contributed by atoms with E-state index < -0.39 is 17.2 Å². The maximum absolute atomic E-state index is 11.6. The molecule has 2 aromatic heterocycles. The fraction of sp³-hybridized carbons (Fsp3) is 0.111. The highest BCUT2D eigenvalue weighted by Gasteiger charge is 2.28. The van der Waals surface area contributed by atoms with Gasteiger partial charge in [0.2, 0.25) is 0 Å². The van der Waals surface area contributed by atoms with Crippen molar-refractivity contribution in [3.63, 3.8) is 0 Å². The summed E-state index contributed by atoms with van der Waals surface area (Å²) in [4.78, 5) is 15.0. The maximum Gasteiger partial charge on any atom is 0.357 e. The van der Waals surface area contributed by atoms with Gasteiger partial charge in [-0.05, 0) is 13.0 Å². The van der Waals surface area contributed by atoms with Gasteiger partial charge in [-0.15, -0.1) is 11.3 Å². The normalized spacial score (nSPS) is 12.4. The molecule has 0 saturated heterocycles. The first kappa shape index (κ1) is 15.7. The van der Waals surface area contributed by atoms with Crippen molar-refractivity contribution in [3.8, 4) is 0 Å². The molecule has 2 aromatic rings. The third kappa shape index (κ3) is 2.97. The van der Waals surface area contributed by atoms with Gasteiger partial charge in [0, 0.05) is 0 Å². The number of hydrogen-bond donors (Lipinski definition) is 2. The second-order valence-corrected chi connectivity index (χ2v) is 7.72. The molecular formula is C9H6Cl2N2O4S3. The summed E-state index contributed by atoms with van der Waals surface area (Å²) in [5.41, 5.74) is -0.151. The summed E-state index contributed by atoms with van der Waals surface area (Å²) < 4.78 is 22.4. The van der Waals surface area contributed by atoms with Gasteiger partial charge in [-0.3, -0.25) is 4.55 Å². The average Bonchev–Trinajstić information content (AvgIpc) is 2.83. The number of thiophene rings is 1. The zero-order valence-electron chi connectivity index (χ0n) is 9.66. The number of halogens is 2. The van der Waals surface area contributed by atoms with E-state index in [1.54, 1.807) is 6.92 Å². The summed E-state index contributed by atoms with van der Waals surface area (Å²) in [5, 5.41) is 9.58. The Balaban J connectivity index is 2.63. The van der Waals surface area contributed by atoms with E-state index in [9.17, 15) is 13.6 Å². The summed E-state index contributed by atoms with van der Waals surface area (Å²) in [6, 6.07) is 1.39. The van der Waals surface area contributed by atoms with Crippen LogP contribution in [0.25, 0.3) is 0 Å². The molecule has 0 fully saturated rings. The Morgan fingerprint density at radius 3 is 2.55 bits per heavy atom. The standard InChI is InChI=1S/C9H6Cl2N2O4S3/c1-3-12-6(9(14)15)8(18-3)13(20(16)17)4-2-5(10)19-7(4)11/h2H,1H3,(H,14,15)(H,16,17). The largest absolute Gasteiger partial charge is 0.476 e. The van der Waals surface area contributed by atoms with Gasteiger partial charge in [-0.1, -0.05) is 34.5 Å². The van der Waals surface area contributed by atoms with E-state index in [0.717, 1.165) is 27.0 Å². The number of nitrogens with zero attached hydrogens (tertiary/aromatic N) is 2. The monoisotopic (exact) mass is 372 g/mol. The van der Waals surface area contributed by atoms with Crippen LogP contribution >= 0.6 is 45.9 Å². The fourth-order valence-corrected chi connectivity index (χ4v) is 4.65. The molecule has 0 spiro atoms. The first-order valence-electron chi connectivity index (χ1n) is 4.88. The topological polar surface area (TPSA) is 90.7 Å². The minimum Gasteiger partial charge on any atom is -0.476 e. The zero-order chi connectivity index (χ0) is 15.0. The highest BCUT2D eigenvalue weighted by atomic mass is 35.5. The second-order valence-electron chi connectivity index (χ2n) is 3.43. The molecule has 6 nitrogen and oxygen atoms in total. The Morgan fingerprint density at radius 2 is 2.10 bits per heavy atom. The van der Waals surface area contributed by atoms with E-state index >= 15 is 0 Å². The first-order valence-corrected chi connectivity index (χ1v) is 8.33. The van der Waals surface area contributed by atoms with Crippen molar-refractivity contribution in [1.82, 2.24) is 4.98 Å². The Labute approximate surface area is 134 Å². The van der Waals surface area contributed by atoms with Crippen molar-refractivity contribution in [3.05, 3.63) is 25.4 Å². The molecule has 0 aliphatic heterocycles. The molecule has 0 aliphatic rings. The Kier molecular flexibility index (Phi) is 4.67. The van der Waals surface area contributed by atoms with Gasteiger partial charge < -0.3 is 5.11 Å². The highest BCUT2D eigenvalue weighted by Crippen LogP contribution is 2.43. The Hall–Kier alpha value is -0.710. The average molecular weight is 373 g/mol. The Bertz CT molecular complexity index is 699. The van der Waals surface area contributed by atoms with Crippen molar-refractivity contribution in [2.45, 2.75) is 6.92 Å². The fourth-order valence-electron chi connectivity index (χ4n) is 1.43. The lowest BCUT2D eigenvalue weighted by atomic mass is 10.4. The number of anilines is 2. The van der Waals surface area contributed by atoms with Crippen LogP contribution in [0.3, 0.4) is 0 Å². The number of rotatable bonds is 4. The van der Waals surface area contributed by atoms with Crippen molar-refractivity contribution >= 4 is 73.8 Å². The number of carboxylic acids is 1. The predicted octanol–water partition coefficient (Wildman–Crippen LogP) is 3.79. The van der Waals surface area contributed by atoms with E-state index in [4.69, 9.17) is 28.3 Å². The molecule has 0 aliphatic carbocycles. The van der Waals surface area contributed by atoms with Crippen LogP contribution < -0.4 is 4.31 Å². The van der Waals surface area contributed by atoms with Gasteiger partial charge in [-0.2, -0.15) is 0 Å². The van der Waals surface area contributed by atoms with Gasteiger partial charge >= 0.3 is 5.97 Å². The first-order chi connectivity index (χ1) is 9.31. The number of hydrogen-bond acceptors (Lipinski definition) is 5. The second kappa shape index (κ2) is 5.96. The van der Waals surface area contributed by atoms with Gasteiger partial charge in [0.05, 0.1) is 15.0 Å². The molecule has 108 valence electrons. The number of carbonyl (C=O) groups is 1. The minimum atomic E-state index is -2.51. The lowest BCUT2D eigenvalue weighted by molar-refractivity contribution is 0.0692. The molecule has 2 N–H and O–H groups in total. The molecule has 1 unspecified atom stereocenters. The predicted molar refractivity (Wildman–Crippen MR) is 81.1 cm³/mol. The molecule has 0 saturated carbocycles. The number of thiazole rings is 1. The summed E-state index contributed by atoms with van der Waals surface area (Å²) in [6.07, 6.45) is 0. The van der Waals surface area contributed by atoms with Crippen molar-refractivity contribution in [2.24, 2.45) is 0 Å². The quantitative estimate of drug-likeness (QED) is 0.796. The molecule has 2 heterocycles. The highest BCUT2D eigenvalue weighted by molar-refractivity contribution is 7.81. The number of aromatic nitrogens is 1. The van der Waals surface area contributed by atoms with Crippen LogP contribution in [-0.2, 0) is 11.3 Å². The smallest absolute Gasteiger partial charge is 0.357 e. The minimum absolute atomic E-state index is 0.0206. The molecule has 0 bridgehead atoms. The summed E-state index contributed by atoms with van der Waals surface area (Å²) in [7, 11) is 0. The molecule has 11 heteroatoms. The van der Waals surface area contributed by atoms with Crippen LogP contribution in [0.5, 0.6) is 0 Å². The molecule has 20 heavy (non-hydrogen) atoms. The van der Waals surface area contributed by atoms with Crippen LogP contribution in [0.2, 0.25) is 8.67 Å². The van der Waals surface area contributed by atoms with Gasteiger partial charge in [0.15, 0.2) is 5.69 Å². The number of aryl methyl sites for hydroxylation is 1. The number of aromatic carboxylic acids is 1. The molecule has 1 atom stereocenters. The molecule has 0 aromatic carbocycles. The van der Waals surface area contributed by atoms with E-state index in [1.807, 2.05) is 0 Å². The van der Waals surface area contributed by atoms with Crippen molar-refractivity contribution in [1.29, 1.82) is 0 Å². The maximum atomic E-state index is 11.6. The third-order valence-corrected chi connectivity index (χ3v) is 5.35. The van der Waals surface area contributed by atoms with Crippen LogP contribution in [0.15, 0.2) is 6.07 Å². The van der Waals surface area contributed by atoms with Crippen LogP contribution in [-0.4, -0.2) is 24.8 Å². The summed E-state index contributed by atoms with van der Waals surface area (Å²) in [6.45, 7) is 1.60. The van der Waals surface area contributed by atoms with Crippen molar-refractivity contribution in [2.75, 3.05) is 4.31 Å². The molecule has 0 radical (unpaired) electrons. The van der Waals surface area contributed by atoms with Gasteiger partial charge in [0.25, 0.3) is 11.3 Å². The van der Waals surface area contributed by atoms with E-state index in [2.05, 4.69) is 4.98 Å². The van der Waals surface area contributed by atoms with Gasteiger partial charge in [0.1, 0.15) is 9.34 Å². The molecule has 0 amide bonds. The Morgan fingerprint density at radius 1 is 1.45 bits per heavy atom. The summed E-state index contributed by atoms with van der Waals surface area (Å²) in [5.74, 6) is -1.29. The van der Waals surface area contributed by atoms with Crippen LogP contribution in [0.1, 0.15) is 15.5 Å². The van der Waals surface area contributed by atoms with Crippen molar-refractivity contribution < 1.29 is 18.7 Å². The zero-order valence-corrected chi connectivity index (χ0v) is 13.6. The van der Waals surface area contributed by atoms with Crippen LogP contribution in [0.4, 0.5) is 10.7 Å². The molecule has 2 rings (SSSR count). The lowest BCUT2D eigenvalue weighted by Gasteiger charge is -2.17. The van der Waals surface area contributed by atoms with E-state index in [-0.39, 0.29) is 20.7 Å². The third-order valence-electron chi connectivity index (χ3n) is 2.12. The number of carboxylic acid groups (broad SMARTS) is 1. The van der Waals surface area contributed by atoms with E-state index in [1.165, 1.54) is 6.07 Å². The SMILES string of the molecule is Cc1nc(C(=O)O)c(N(c2cc(Cl)sc2Cl)S(=O)O)s1. The lowest BCUT2D eigenvalue weighted by Crippen LogP contribution is -2.20. The van der Waals surface area contributed by atoms with Gasteiger partial charge in [-0.25, -0.2) is 18.3 Å². The van der Waals surface area contributed by atoms with E-state index in [0.29, 0.717) is 9.34 Å².